The summed E-state index contributed by atoms with van der Waals surface area (Å²) in [4.78, 5) is 16.4. The second-order valence-electron chi connectivity index (χ2n) is 5.30. The number of halogens is 2. The van der Waals surface area contributed by atoms with Crippen molar-refractivity contribution in [2.45, 2.75) is 19.5 Å². The molecule has 0 aliphatic rings. The fourth-order valence-corrected chi connectivity index (χ4v) is 3.17. The number of fused-ring (bicyclic) bond motifs is 1. The number of para-hydroxylation sites is 1. The summed E-state index contributed by atoms with van der Waals surface area (Å²) in [5.41, 5.74) is 1.39. The Morgan fingerprint density at radius 3 is 2.75 bits per heavy atom. The molecule has 0 spiro atoms. The Labute approximate surface area is 141 Å². The molecule has 24 heavy (non-hydrogen) atoms. The van der Waals surface area contributed by atoms with E-state index < -0.39 is 23.7 Å². The third kappa shape index (κ3) is 3.68. The molecule has 2 aromatic carbocycles. The first-order chi connectivity index (χ1) is 11.5. The average Bonchev–Trinajstić information content (AvgIpc) is 2.98. The van der Waals surface area contributed by atoms with Crippen molar-refractivity contribution in [2.24, 2.45) is 0 Å². The predicted octanol–water partition coefficient (Wildman–Crippen LogP) is 4.13. The van der Waals surface area contributed by atoms with Gasteiger partial charge in [0, 0.05) is 0 Å². The van der Waals surface area contributed by atoms with Gasteiger partial charge in [-0.2, -0.15) is 0 Å². The first-order valence-corrected chi connectivity index (χ1v) is 8.18. The maximum absolute atomic E-state index is 13.2. The number of urea groups is 1. The molecule has 1 aromatic heterocycles. The molecule has 0 saturated heterocycles. The molecule has 1 atom stereocenters. The zero-order valence-electron chi connectivity index (χ0n) is 12.8. The van der Waals surface area contributed by atoms with Gasteiger partial charge in [0.25, 0.3) is 0 Å². The molecule has 0 saturated carbocycles. The second kappa shape index (κ2) is 6.92. The summed E-state index contributed by atoms with van der Waals surface area (Å²) in [7, 11) is 0. The second-order valence-corrected chi connectivity index (χ2v) is 6.41. The van der Waals surface area contributed by atoms with E-state index in [2.05, 4.69) is 15.6 Å². The topological polar surface area (TPSA) is 54.0 Å². The van der Waals surface area contributed by atoms with E-state index in [4.69, 9.17) is 0 Å². The molecule has 2 amide bonds. The molecular formula is C17H15F2N3OS. The first kappa shape index (κ1) is 16.3. The summed E-state index contributed by atoms with van der Waals surface area (Å²) in [5.74, 6) is -1.85. The van der Waals surface area contributed by atoms with E-state index >= 15 is 0 Å². The molecule has 0 aliphatic heterocycles. The summed E-state index contributed by atoms with van der Waals surface area (Å²) in [5, 5.41) is 6.20. The van der Waals surface area contributed by atoms with Crippen LogP contribution >= 0.6 is 11.3 Å². The molecule has 0 radical (unpaired) electrons. The average molecular weight is 347 g/mol. The van der Waals surface area contributed by atoms with Crippen molar-refractivity contribution in [3.05, 3.63) is 64.7 Å². The van der Waals surface area contributed by atoms with E-state index in [1.807, 2.05) is 24.3 Å². The number of carbonyl (C=O) groups excluding carboxylic acids is 1. The van der Waals surface area contributed by atoms with Crippen LogP contribution in [0.4, 0.5) is 13.6 Å². The van der Waals surface area contributed by atoms with Gasteiger partial charge in [-0.15, -0.1) is 11.3 Å². The summed E-state index contributed by atoms with van der Waals surface area (Å²) in [6, 6.07) is 10.5. The maximum Gasteiger partial charge on any atom is 0.315 e. The number of benzene rings is 2. The number of amides is 2. The number of nitrogens with zero attached hydrogens (tertiary/aromatic N) is 1. The third-order valence-electron chi connectivity index (χ3n) is 3.53. The molecule has 0 fully saturated rings. The fraction of sp³-hybridized carbons (Fsp3) is 0.176. The highest BCUT2D eigenvalue weighted by atomic mass is 32.1. The third-order valence-corrected chi connectivity index (χ3v) is 4.57. The summed E-state index contributed by atoms with van der Waals surface area (Å²) in [6.07, 6.45) is 0. The van der Waals surface area contributed by atoms with Crippen LogP contribution in [0.3, 0.4) is 0 Å². The van der Waals surface area contributed by atoms with Crippen molar-refractivity contribution < 1.29 is 13.6 Å². The minimum atomic E-state index is -0.934. The lowest BCUT2D eigenvalue weighted by atomic mass is 10.1. The molecule has 3 rings (SSSR count). The molecule has 0 aliphatic carbocycles. The Morgan fingerprint density at radius 2 is 2.00 bits per heavy atom. The largest absolute Gasteiger partial charge is 0.332 e. The van der Waals surface area contributed by atoms with Gasteiger partial charge in [0.05, 0.1) is 22.8 Å². The lowest BCUT2D eigenvalue weighted by molar-refractivity contribution is 0.237. The van der Waals surface area contributed by atoms with Crippen molar-refractivity contribution >= 4 is 27.6 Å². The number of hydrogen-bond donors (Lipinski definition) is 2. The Balaban J connectivity index is 1.57. The Kier molecular flexibility index (Phi) is 4.71. The SMILES string of the molecule is C[C@@H](NC(=O)NCc1nc2ccccc2s1)c1ccc(F)c(F)c1. The fourth-order valence-electron chi connectivity index (χ4n) is 2.26. The zero-order chi connectivity index (χ0) is 17.1. The van der Waals surface area contributed by atoms with Gasteiger partial charge in [0.15, 0.2) is 11.6 Å². The number of carbonyl (C=O) groups is 1. The molecule has 1 heterocycles. The van der Waals surface area contributed by atoms with Crippen LogP contribution in [0, 0.1) is 11.6 Å². The minimum Gasteiger partial charge on any atom is -0.332 e. The molecule has 2 N–H and O–H groups in total. The lowest BCUT2D eigenvalue weighted by Gasteiger charge is -2.15. The Hall–Kier alpha value is -2.54. The van der Waals surface area contributed by atoms with E-state index in [1.54, 1.807) is 6.92 Å². The molecule has 7 heteroatoms. The number of hydrogen-bond acceptors (Lipinski definition) is 3. The van der Waals surface area contributed by atoms with Crippen LogP contribution in [0.2, 0.25) is 0 Å². The smallest absolute Gasteiger partial charge is 0.315 e. The van der Waals surface area contributed by atoms with Gasteiger partial charge in [-0.05, 0) is 36.8 Å². The van der Waals surface area contributed by atoms with E-state index in [0.717, 1.165) is 27.4 Å². The Morgan fingerprint density at radius 1 is 1.21 bits per heavy atom. The molecule has 4 nitrogen and oxygen atoms in total. The Bertz CT molecular complexity index is 848. The molecule has 3 aromatic rings. The van der Waals surface area contributed by atoms with Crippen LogP contribution in [-0.2, 0) is 6.54 Å². The van der Waals surface area contributed by atoms with Gasteiger partial charge in [-0.3, -0.25) is 0 Å². The van der Waals surface area contributed by atoms with Gasteiger partial charge in [0.1, 0.15) is 5.01 Å². The van der Waals surface area contributed by atoms with Crippen molar-refractivity contribution in [2.75, 3.05) is 0 Å². The molecule has 0 unspecified atom stereocenters. The van der Waals surface area contributed by atoms with E-state index in [1.165, 1.54) is 17.4 Å². The van der Waals surface area contributed by atoms with Crippen LogP contribution < -0.4 is 10.6 Å². The highest BCUT2D eigenvalue weighted by Gasteiger charge is 2.12. The monoisotopic (exact) mass is 347 g/mol. The van der Waals surface area contributed by atoms with Gasteiger partial charge in [-0.1, -0.05) is 18.2 Å². The summed E-state index contributed by atoms with van der Waals surface area (Å²) >= 11 is 1.51. The number of rotatable bonds is 4. The van der Waals surface area contributed by atoms with Gasteiger partial charge < -0.3 is 10.6 Å². The van der Waals surface area contributed by atoms with Crippen molar-refractivity contribution in [1.29, 1.82) is 0 Å². The van der Waals surface area contributed by atoms with Crippen molar-refractivity contribution in [1.82, 2.24) is 15.6 Å². The normalized spacial score (nSPS) is 12.1. The minimum absolute atomic E-state index is 0.301. The first-order valence-electron chi connectivity index (χ1n) is 7.36. The highest BCUT2D eigenvalue weighted by molar-refractivity contribution is 7.18. The standard InChI is InChI=1S/C17H15F2N3OS/c1-10(11-6-7-12(18)13(19)8-11)21-17(23)20-9-16-22-14-4-2-3-5-15(14)24-16/h2-8,10H,9H2,1H3,(H2,20,21,23)/t10-/m1/s1. The van der Waals surface area contributed by atoms with Crippen LogP contribution in [0.1, 0.15) is 23.5 Å². The van der Waals surface area contributed by atoms with Gasteiger partial charge in [-0.25, -0.2) is 18.6 Å². The van der Waals surface area contributed by atoms with Gasteiger partial charge in [0.2, 0.25) is 0 Å². The number of nitrogens with one attached hydrogen (secondary N) is 2. The molecule has 0 bridgehead atoms. The molecule has 124 valence electrons. The van der Waals surface area contributed by atoms with Crippen molar-refractivity contribution in [3.8, 4) is 0 Å². The highest BCUT2D eigenvalue weighted by Crippen LogP contribution is 2.21. The van der Waals surface area contributed by atoms with Crippen LogP contribution in [0.5, 0.6) is 0 Å². The maximum atomic E-state index is 13.2. The van der Waals surface area contributed by atoms with Gasteiger partial charge >= 0.3 is 6.03 Å². The predicted molar refractivity (Wildman–Crippen MR) is 89.8 cm³/mol. The number of thiazole rings is 1. The zero-order valence-corrected chi connectivity index (χ0v) is 13.7. The van der Waals surface area contributed by atoms with E-state index in [-0.39, 0.29) is 0 Å². The van der Waals surface area contributed by atoms with Crippen LogP contribution in [-0.4, -0.2) is 11.0 Å². The summed E-state index contributed by atoms with van der Waals surface area (Å²) in [6.45, 7) is 2.00. The van der Waals surface area contributed by atoms with Crippen molar-refractivity contribution in [3.63, 3.8) is 0 Å². The van der Waals surface area contributed by atoms with Crippen LogP contribution in [0.15, 0.2) is 42.5 Å². The quantitative estimate of drug-likeness (QED) is 0.745. The molecular weight excluding hydrogens is 332 g/mol. The van der Waals surface area contributed by atoms with Crippen LogP contribution in [0.25, 0.3) is 10.2 Å². The van der Waals surface area contributed by atoms with E-state index in [0.29, 0.717) is 12.1 Å². The summed E-state index contributed by atoms with van der Waals surface area (Å²) < 4.78 is 27.2. The lowest BCUT2D eigenvalue weighted by Crippen LogP contribution is -2.36. The number of aromatic nitrogens is 1. The van der Waals surface area contributed by atoms with E-state index in [9.17, 15) is 13.6 Å².